The van der Waals surface area contributed by atoms with Crippen molar-refractivity contribution in [3.05, 3.63) is 42.0 Å². The summed E-state index contributed by atoms with van der Waals surface area (Å²) in [5.74, 6) is -0.417. The Balaban J connectivity index is 1.72. The van der Waals surface area contributed by atoms with Gasteiger partial charge in [-0.05, 0) is 42.8 Å². The molecular weight excluding hydrogens is 474 g/mol. The van der Waals surface area contributed by atoms with Crippen molar-refractivity contribution in [2.75, 3.05) is 30.9 Å². The minimum atomic E-state index is -3.63. The number of sulfonamides is 1. The Bertz CT molecular complexity index is 1380. The molecule has 0 fully saturated rings. The van der Waals surface area contributed by atoms with E-state index in [1.165, 1.54) is 44.4 Å². The van der Waals surface area contributed by atoms with Crippen LogP contribution in [0.2, 0.25) is 0 Å². The molecule has 1 heterocycles. The van der Waals surface area contributed by atoms with Crippen LogP contribution in [0.15, 0.2) is 55.8 Å². The minimum absolute atomic E-state index is 0.0192. The van der Waals surface area contributed by atoms with E-state index in [9.17, 15) is 21.6 Å². The number of nitrogens with zero attached hydrogens (tertiary/aromatic N) is 2. The van der Waals surface area contributed by atoms with Crippen LogP contribution in [0.25, 0.3) is 11.1 Å². The van der Waals surface area contributed by atoms with Gasteiger partial charge in [0, 0.05) is 19.8 Å². The van der Waals surface area contributed by atoms with Crippen molar-refractivity contribution in [2.24, 2.45) is 0 Å². The van der Waals surface area contributed by atoms with Gasteiger partial charge in [0.15, 0.2) is 15.4 Å². The molecule has 1 aromatic heterocycles. The van der Waals surface area contributed by atoms with Gasteiger partial charge in [-0.15, -0.1) is 0 Å². The molecule has 0 spiro atoms. The molecule has 0 atom stereocenters. The summed E-state index contributed by atoms with van der Waals surface area (Å²) in [6.45, 7) is 3.33. The number of aryl methyl sites for hydroxylation is 1. The van der Waals surface area contributed by atoms with Gasteiger partial charge in [0.2, 0.25) is 15.9 Å². The van der Waals surface area contributed by atoms with E-state index in [0.29, 0.717) is 22.4 Å². The summed E-state index contributed by atoms with van der Waals surface area (Å²) in [7, 11) is -4.12. The highest BCUT2D eigenvalue weighted by Gasteiger charge is 2.19. The van der Waals surface area contributed by atoms with E-state index in [2.05, 4.69) is 10.3 Å². The minimum Gasteiger partial charge on any atom is -0.431 e. The highest BCUT2D eigenvalue weighted by Crippen LogP contribution is 2.27. The number of carbonyl (C=O) groups is 1. The maximum atomic E-state index is 12.4. The number of amides is 1. The molecule has 0 aliphatic carbocycles. The number of nitrogens with one attached hydrogen (secondary N) is 1. The predicted octanol–water partition coefficient (Wildman–Crippen LogP) is 2.91. The molecule has 0 saturated carbocycles. The maximum absolute atomic E-state index is 12.4. The van der Waals surface area contributed by atoms with Crippen LogP contribution in [0.4, 0.5) is 5.69 Å². The zero-order valence-electron chi connectivity index (χ0n) is 17.9. The molecule has 0 aliphatic heterocycles. The van der Waals surface area contributed by atoms with Crippen LogP contribution < -0.4 is 5.32 Å². The van der Waals surface area contributed by atoms with E-state index in [1.807, 2.05) is 0 Å². The summed E-state index contributed by atoms with van der Waals surface area (Å²) < 4.78 is 55.4. The largest absolute Gasteiger partial charge is 0.431 e. The monoisotopic (exact) mass is 497 g/mol. The van der Waals surface area contributed by atoms with Crippen molar-refractivity contribution in [1.29, 1.82) is 0 Å². The normalized spacial score (nSPS) is 12.4. The zero-order valence-corrected chi connectivity index (χ0v) is 20.4. The molecule has 3 aromatic rings. The van der Waals surface area contributed by atoms with Crippen LogP contribution in [0.3, 0.4) is 0 Å². The van der Waals surface area contributed by atoms with E-state index in [4.69, 9.17) is 4.42 Å². The van der Waals surface area contributed by atoms with Crippen LogP contribution in [-0.4, -0.2) is 57.6 Å². The van der Waals surface area contributed by atoms with Crippen molar-refractivity contribution < 1.29 is 26.0 Å². The van der Waals surface area contributed by atoms with Gasteiger partial charge in [-0.1, -0.05) is 24.8 Å². The van der Waals surface area contributed by atoms with Gasteiger partial charge >= 0.3 is 0 Å². The third-order valence-corrected chi connectivity index (χ3v) is 9.04. The number of carbonyl (C=O) groups excluding carboxylic acids is 1. The first-order chi connectivity index (χ1) is 14.9. The van der Waals surface area contributed by atoms with Gasteiger partial charge in [0.05, 0.1) is 21.3 Å². The number of rotatable bonds is 8. The average molecular weight is 498 g/mol. The molecule has 0 saturated heterocycles. The lowest BCUT2D eigenvalue weighted by Gasteiger charge is -2.14. The van der Waals surface area contributed by atoms with E-state index in [1.54, 1.807) is 19.9 Å². The first-order valence-electron chi connectivity index (χ1n) is 9.53. The second-order valence-electron chi connectivity index (χ2n) is 7.11. The Morgan fingerprint density at radius 3 is 2.44 bits per heavy atom. The van der Waals surface area contributed by atoms with Gasteiger partial charge in [0.25, 0.3) is 5.22 Å². The summed E-state index contributed by atoms with van der Waals surface area (Å²) in [5.41, 5.74) is 1.92. The number of aromatic nitrogens is 1. The molecular formula is C20H23N3O6S3. The molecule has 0 radical (unpaired) electrons. The van der Waals surface area contributed by atoms with Crippen LogP contribution in [0.1, 0.15) is 12.5 Å². The molecule has 3 rings (SSSR count). The molecule has 0 aliphatic rings. The fraction of sp³-hybridized carbons (Fsp3) is 0.300. The van der Waals surface area contributed by atoms with Crippen molar-refractivity contribution in [3.8, 4) is 0 Å². The summed E-state index contributed by atoms with van der Waals surface area (Å²) in [6.07, 6.45) is 0. The van der Waals surface area contributed by atoms with Gasteiger partial charge in [-0.25, -0.2) is 26.1 Å². The van der Waals surface area contributed by atoms with Crippen molar-refractivity contribution >= 4 is 54.3 Å². The molecule has 0 unspecified atom stereocenters. The maximum Gasteiger partial charge on any atom is 0.257 e. The molecule has 0 bridgehead atoms. The Morgan fingerprint density at radius 2 is 1.78 bits per heavy atom. The SMILES string of the molecule is CCS(=O)(=O)c1ccc2oc(SCC(=O)Nc3cc(S(=O)(=O)N(C)C)ccc3C)nc2c1. The first kappa shape index (κ1) is 24.2. The number of hydrogen-bond donors (Lipinski definition) is 1. The second kappa shape index (κ2) is 9.22. The molecule has 1 amide bonds. The van der Waals surface area contributed by atoms with Gasteiger partial charge < -0.3 is 9.73 Å². The molecule has 172 valence electrons. The van der Waals surface area contributed by atoms with Crippen molar-refractivity contribution in [2.45, 2.75) is 28.9 Å². The van der Waals surface area contributed by atoms with Gasteiger partial charge in [-0.3, -0.25) is 4.79 Å². The summed E-state index contributed by atoms with van der Waals surface area (Å²) in [4.78, 5) is 16.9. The van der Waals surface area contributed by atoms with E-state index in [0.717, 1.165) is 16.1 Å². The van der Waals surface area contributed by atoms with Crippen LogP contribution >= 0.6 is 11.8 Å². The lowest BCUT2D eigenvalue weighted by molar-refractivity contribution is -0.113. The Hall–Kier alpha value is -2.41. The van der Waals surface area contributed by atoms with Crippen LogP contribution in [0.5, 0.6) is 0 Å². The smallest absolute Gasteiger partial charge is 0.257 e. The third-order valence-electron chi connectivity index (χ3n) is 4.67. The Kier molecular flexibility index (Phi) is 6.98. The van der Waals surface area contributed by atoms with Crippen LogP contribution in [-0.2, 0) is 24.7 Å². The number of sulfone groups is 1. The second-order valence-corrected chi connectivity index (χ2v) is 12.5. The number of fused-ring (bicyclic) bond motifs is 1. The van der Waals surface area contributed by atoms with E-state index in [-0.39, 0.29) is 32.4 Å². The predicted molar refractivity (Wildman–Crippen MR) is 123 cm³/mol. The highest BCUT2D eigenvalue weighted by molar-refractivity contribution is 7.99. The summed E-state index contributed by atoms with van der Waals surface area (Å²) in [6, 6.07) is 8.98. The lowest BCUT2D eigenvalue weighted by Crippen LogP contribution is -2.22. The number of thioether (sulfide) groups is 1. The lowest BCUT2D eigenvalue weighted by atomic mass is 10.2. The molecule has 12 heteroatoms. The number of anilines is 1. The molecule has 9 nitrogen and oxygen atoms in total. The summed E-state index contributed by atoms with van der Waals surface area (Å²) in [5, 5.41) is 2.93. The van der Waals surface area contributed by atoms with Crippen LogP contribution in [0, 0.1) is 6.92 Å². The number of oxazole rings is 1. The standard InChI is InChI=1S/C20H23N3O6S3/c1-5-31(25,26)14-8-9-18-17(10-14)22-20(29-18)30-12-19(24)21-16-11-15(7-6-13(16)2)32(27,28)23(3)4/h6-11H,5,12H2,1-4H3,(H,21,24). The quantitative estimate of drug-likeness (QED) is 0.471. The van der Waals surface area contributed by atoms with Crippen molar-refractivity contribution in [1.82, 2.24) is 9.29 Å². The average Bonchev–Trinajstić information content (AvgIpc) is 3.15. The highest BCUT2D eigenvalue weighted by atomic mass is 32.2. The van der Waals surface area contributed by atoms with E-state index < -0.39 is 19.9 Å². The number of benzene rings is 2. The number of hydrogen-bond acceptors (Lipinski definition) is 8. The zero-order chi connectivity index (χ0) is 23.7. The molecule has 32 heavy (non-hydrogen) atoms. The topological polar surface area (TPSA) is 127 Å². The Morgan fingerprint density at radius 1 is 1.09 bits per heavy atom. The molecule has 1 N–H and O–H groups in total. The fourth-order valence-corrected chi connectivity index (χ4v) is 5.20. The van der Waals surface area contributed by atoms with Gasteiger partial charge in [0.1, 0.15) is 5.52 Å². The first-order valence-corrected chi connectivity index (χ1v) is 13.6. The fourth-order valence-electron chi connectivity index (χ4n) is 2.73. The summed E-state index contributed by atoms with van der Waals surface area (Å²) >= 11 is 1.05. The van der Waals surface area contributed by atoms with Crippen molar-refractivity contribution in [3.63, 3.8) is 0 Å². The Labute approximate surface area is 191 Å². The van der Waals surface area contributed by atoms with E-state index >= 15 is 0 Å². The molecule has 2 aromatic carbocycles. The third kappa shape index (κ3) is 5.14. The van der Waals surface area contributed by atoms with Gasteiger partial charge in [-0.2, -0.15) is 0 Å².